The number of rotatable bonds is 4. The Kier molecular flexibility index (Phi) is 4.94. The zero-order chi connectivity index (χ0) is 18.8. The number of aryl methyl sites for hydroxylation is 1. The minimum atomic E-state index is -0.263. The third-order valence-corrected chi connectivity index (χ3v) is 5.42. The fourth-order valence-electron chi connectivity index (χ4n) is 3.83. The molecule has 140 valence electrons. The minimum absolute atomic E-state index is 0.00551. The highest BCUT2D eigenvalue weighted by molar-refractivity contribution is 5.98. The first-order chi connectivity index (χ1) is 13.1. The standard InChI is InChI=1S/C22H24N2O3/c1-16-6-8-17(9-7-16)20(14-21(25)23-10-12-27-13-11-23)24-15-18-4-2-3-5-19(18)22(24)26/h2-9,20H,10-15H2,1H3/t20-/m1/s1. The number of fused-ring (bicyclic) bond motifs is 1. The van der Waals surface area contributed by atoms with E-state index < -0.39 is 0 Å². The third kappa shape index (κ3) is 3.60. The predicted octanol–water partition coefficient (Wildman–Crippen LogP) is 2.94. The number of hydrogen-bond acceptors (Lipinski definition) is 3. The molecular formula is C22H24N2O3. The normalized spacial score (nSPS) is 17.7. The summed E-state index contributed by atoms with van der Waals surface area (Å²) < 4.78 is 5.35. The Labute approximate surface area is 159 Å². The van der Waals surface area contributed by atoms with Gasteiger partial charge in [-0.3, -0.25) is 9.59 Å². The van der Waals surface area contributed by atoms with Crippen molar-refractivity contribution in [1.82, 2.24) is 9.80 Å². The molecule has 2 amide bonds. The molecule has 1 atom stereocenters. The quantitative estimate of drug-likeness (QED) is 0.838. The molecule has 2 aromatic carbocycles. The Hall–Kier alpha value is -2.66. The second kappa shape index (κ2) is 7.53. The van der Waals surface area contributed by atoms with Crippen LogP contribution in [0.1, 0.15) is 39.5 Å². The van der Waals surface area contributed by atoms with Gasteiger partial charge >= 0.3 is 0 Å². The maximum Gasteiger partial charge on any atom is 0.255 e. The van der Waals surface area contributed by atoms with Crippen LogP contribution in [-0.2, 0) is 16.1 Å². The Morgan fingerprint density at radius 3 is 2.48 bits per heavy atom. The summed E-state index contributed by atoms with van der Waals surface area (Å²) in [4.78, 5) is 29.6. The summed E-state index contributed by atoms with van der Waals surface area (Å²) in [6.45, 7) is 4.98. The van der Waals surface area contributed by atoms with Gasteiger partial charge in [-0.15, -0.1) is 0 Å². The highest BCUT2D eigenvalue weighted by Crippen LogP contribution is 2.34. The van der Waals surface area contributed by atoms with Crippen LogP contribution in [0.3, 0.4) is 0 Å². The fourth-order valence-corrected chi connectivity index (χ4v) is 3.83. The van der Waals surface area contributed by atoms with E-state index in [0.717, 1.165) is 22.3 Å². The summed E-state index contributed by atoms with van der Waals surface area (Å²) in [5.74, 6) is 0.0820. The minimum Gasteiger partial charge on any atom is -0.378 e. The largest absolute Gasteiger partial charge is 0.378 e. The van der Waals surface area contributed by atoms with Crippen LogP contribution in [0.4, 0.5) is 0 Å². The van der Waals surface area contributed by atoms with Crippen LogP contribution < -0.4 is 0 Å². The molecule has 1 saturated heterocycles. The molecule has 0 unspecified atom stereocenters. The van der Waals surface area contributed by atoms with Gasteiger partial charge in [0, 0.05) is 25.2 Å². The molecule has 0 saturated carbocycles. The van der Waals surface area contributed by atoms with Crippen molar-refractivity contribution in [1.29, 1.82) is 0 Å². The Balaban J connectivity index is 1.61. The van der Waals surface area contributed by atoms with Gasteiger partial charge in [0.25, 0.3) is 5.91 Å². The second-order valence-corrected chi connectivity index (χ2v) is 7.21. The molecule has 0 aliphatic carbocycles. The van der Waals surface area contributed by atoms with E-state index in [1.165, 1.54) is 0 Å². The van der Waals surface area contributed by atoms with Crippen molar-refractivity contribution in [2.45, 2.75) is 25.9 Å². The molecule has 1 fully saturated rings. The van der Waals surface area contributed by atoms with Crippen LogP contribution in [0.5, 0.6) is 0 Å². The molecule has 2 aliphatic rings. The van der Waals surface area contributed by atoms with E-state index in [0.29, 0.717) is 39.3 Å². The van der Waals surface area contributed by atoms with Crippen molar-refractivity contribution in [3.8, 4) is 0 Å². The number of morpholine rings is 1. The number of ether oxygens (including phenoxy) is 1. The lowest BCUT2D eigenvalue weighted by Crippen LogP contribution is -2.42. The number of benzene rings is 2. The first-order valence-electron chi connectivity index (χ1n) is 9.44. The van der Waals surface area contributed by atoms with Crippen LogP contribution >= 0.6 is 0 Å². The van der Waals surface area contributed by atoms with E-state index in [1.807, 2.05) is 65.3 Å². The molecule has 2 aliphatic heterocycles. The van der Waals surface area contributed by atoms with Crippen molar-refractivity contribution < 1.29 is 14.3 Å². The van der Waals surface area contributed by atoms with Gasteiger partial charge in [-0.1, -0.05) is 48.0 Å². The molecule has 27 heavy (non-hydrogen) atoms. The lowest BCUT2D eigenvalue weighted by Gasteiger charge is -2.32. The van der Waals surface area contributed by atoms with Gasteiger partial charge in [-0.05, 0) is 24.1 Å². The number of carbonyl (C=O) groups excluding carboxylic acids is 2. The van der Waals surface area contributed by atoms with Crippen molar-refractivity contribution in [3.05, 3.63) is 70.8 Å². The molecule has 0 aromatic heterocycles. The number of amides is 2. The summed E-state index contributed by atoms with van der Waals surface area (Å²) >= 11 is 0. The zero-order valence-corrected chi connectivity index (χ0v) is 15.6. The molecule has 4 rings (SSSR count). The number of nitrogens with zero attached hydrogens (tertiary/aromatic N) is 2. The Morgan fingerprint density at radius 1 is 1.07 bits per heavy atom. The smallest absolute Gasteiger partial charge is 0.255 e. The summed E-state index contributed by atoms with van der Waals surface area (Å²) in [7, 11) is 0. The van der Waals surface area contributed by atoms with Gasteiger partial charge in [-0.2, -0.15) is 0 Å². The average Bonchev–Trinajstić information content (AvgIpc) is 3.04. The average molecular weight is 364 g/mol. The van der Waals surface area contributed by atoms with Crippen LogP contribution in [0.15, 0.2) is 48.5 Å². The Bertz CT molecular complexity index is 841. The van der Waals surface area contributed by atoms with Gasteiger partial charge in [0.15, 0.2) is 0 Å². The van der Waals surface area contributed by atoms with Crippen LogP contribution in [0.2, 0.25) is 0 Å². The summed E-state index contributed by atoms with van der Waals surface area (Å²) in [5, 5.41) is 0. The maximum absolute atomic E-state index is 13.0. The van der Waals surface area contributed by atoms with E-state index in [4.69, 9.17) is 4.74 Å². The lowest BCUT2D eigenvalue weighted by molar-refractivity contribution is -0.136. The monoisotopic (exact) mass is 364 g/mol. The zero-order valence-electron chi connectivity index (χ0n) is 15.6. The van der Waals surface area contributed by atoms with Gasteiger partial charge in [0.05, 0.1) is 25.7 Å². The van der Waals surface area contributed by atoms with Crippen LogP contribution in [0.25, 0.3) is 0 Å². The molecule has 0 radical (unpaired) electrons. The lowest BCUT2D eigenvalue weighted by atomic mass is 10.00. The topological polar surface area (TPSA) is 49.9 Å². The van der Waals surface area contributed by atoms with E-state index in [-0.39, 0.29) is 17.9 Å². The highest BCUT2D eigenvalue weighted by Gasteiger charge is 2.35. The van der Waals surface area contributed by atoms with Crippen LogP contribution in [-0.4, -0.2) is 47.9 Å². The molecule has 0 N–H and O–H groups in total. The van der Waals surface area contributed by atoms with Crippen molar-refractivity contribution in [2.24, 2.45) is 0 Å². The maximum atomic E-state index is 13.0. The van der Waals surface area contributed by atoms with E-state index in [9.17, 15) is 9.59 Å². The first kappa shape index (κ1) is 17.7. The van der Waals surface area contributed by atoms with Crippen molar-refractivity contribution >= 4 is 11.8 Å². The highest BCUT2D eigenvalue weighted by atomic mass is 16.5. The predicted molar refractivity (Wildman–Crippen MR) is 102 cm³/mol. The van der Waals surface area contributed by atoms with E-state index in [2.05, 4.69) is 0 Å². The second-order valence-electron chi connectivity index (χ2n) is 7.21. The number of hydrogen-bond donors (Lipinski definition) is 0. The summed E-state index contributed by atoms with van der Waals surface area (Å²) in [5.41, 5.74) is 3.93. The first-order valence-corrected chi connectivity index (χ1v) is 9.44. The third-order valence-electron chi connectivity index (χ3n) is 5.42. The van der Waals surface area contributed by atoms with Gasteiger partial charge in [0.2, 0.25) is 5.91 Å². The van der Waals surface area contributed by atoms with Gasteiger partial charge in [0.1, 0.15) is 0 Å². The SMILES string of the molecule is Cc1ccc([C@@H](CC(=O)N2CCOCC2)N2Cc3ccccc3C2=O)cc1. The van der Waals surface area contributed by atoms with E-state index in [1.54, 1.807) is 0 Å². The Morgan fingerprint density at radius 2 is 1.78 bits per heavy atom. The summed E-state index contributed by atoms with van der Waals surface area (Å²) in [6.07, 6.45) is 0.294. The molecule has 2 heterocycles. The van der Waals surface area contributed by atoms with Crippen molar-refractivity contribution in [3.63, 3.8) is 0 Å². The fraction of sp³-hybridized carbons (Fsp3) is 0.364. The molecule has 5 nitrogen and oxygen atoms in total. The van der Waals surface area contributed by atoms with Crippen LogP contribution in [0, 0.1) is 6.92 Å². The van der Waals surface area contributed by atoms with Crippen molar-refractivity contribution in [2.75, 3.05) is 26.3 Å². The van der Waals surface area contributed by atoms with Gasteiger partial charge in [-0.25, -0.2) is 0 Å². The molecular weight excluding hydrogens is 340 g/mol. The molecule has 2 aromatic rings. The molecule has 0 bridgehead atoms. The summed E-state index contributed by atoms with van der Waals surface area (Å²) in [6, 6.07) is 15.6. The van der Waals surface area contributed by atoms with Gasteiger partial charge < -0.3 is 14.5 Å². The molecule has 5 heteroatoms. The molecule has 0 spiro atoms. The number of carbonyl (C=O) groups is 2. The van der Waals surface area contributed by atoms with E-state index >= 15 is 0 Å².